The molecule has 1 heterocycles. The lowest BCUT2D eigenvalue weighted by atomic mass is 10.1. The van der Waals surface area contributed by atoms with Crippen LogP contribution in [0.3, 0.4) is 0 Å². The van der Waals surface area contributed by atoms with Crippen LogP contribution in [0.4, 0.5) is 0 Å². The molecule has 1 aromatic carbocycles. The second-order valence-corrected chi connectivity index (χ2v) is 7.26. The van der Waals surface area contributed by atoms with E-state index in [1.807, 2.05) is 36.7 Å². The summed E-state index contributed by atoms with van der Waals surface area (Å²) in [7, 11) is -1.42. The van der Waals surface area contributed by atoms with Crippen LogP contribution in [0.2, 0.25) is 0 Å². The van der Waals surface area contributed by atoms with Gasteiger partial charge in [0.2, 0.25) is 10.0 Å². The van der Waals surface area contributed by atoms with Crippen molar-refractivity contribution in [2.45, 2.75) is 18.7 Å². The van der Waals surface area contributed by atoms with E-state index in [0.29, 0.717) is 13.0 Å². The fourth-order valence-corrected chi connectivity index (χ4v) is 3.66. The normalized spacial score (nSPS) is 11.7. The van der Waals surface area contributed by atoms with Crippen LogP contribution in [0.5, 0.6) is 0 Å². The Morgan fingerprint density at radius 2 is 1.90 bits per heavy atom. The summed E-state index contributed by atoms with van der Waals surface area (Å²) in [6, 6.07) is 7.59. The Hall–Kier alpha value is -1.28. The Bertz CT molecular complexity index is 637. The third-order valence-corrected chi connectivity index (χ3v) is 4.94. The zero-order valence-corrected chi connectivity index (χ0v) is 13.5. The van der Waals surface area contributed by atoms with E-state index in [0.717, 1.165) is 23.4 Å². The van der Waals surface area contributed by atoms with Crippen LogP contribution < -0.4 is 10.0 Å². The van der Waals surface area contributed by atoms with Crippen LogP contribution in [0.25, 0.3) is 0 Å². The van der Waals surface area contributed by atoms with Gasteiger partial charge in [-0.2, -0.15) is 0 Å². The molecule has 0 aliphatic heterocycles. The van der Waals surface area contributed by atoms with Gasteiger partial charge in [0, 0.05) is 24.9 Å². The van der Waals surface area contributed by atoms with E-state index >= 15 is 0 Å². The third kappa shape index (κ3) is 5.55. The standard InChI is InChI=1S/C14H19N3O2S2/c1-15-8-12-2-4-13(5-3-12)10-21(18,19)17-7-6-14-9-20-11-16-14/h2-5,9,11,15,17H,6-8,10H2,1H3. The summed E-state index contributed by atoms with van der Waals surface area (Å²) in [6.07, 6.45) is 0.615. The Balaban J connectivity index is 1.85. The smallest absolute Gasteiger partial charge is 0.215 e. The van der Waals surface area contributed by atoms with E-state index < -0.39 is 10.0 Å². The minimum Gasteiger partial charge on any atom is -0.316 e. The molecular formula is C14H19N3O2S2. The molecule has 0 radical (unpaired) electrons. The highest BCUT2D eigenvalue weighted by atomic mass is 32.2. The third-order valence-electron chi connectivity index (χ3n) is 2.95. The second kappa shape index (κ2) is 7.65. The number of rotatable bonds is 8. The molecule has 0 amide bonds. The van der Waals surface area contributed by atoms with E-state index in [1.165, 1.54) is 11.3 Å². The molecule has 2 rings (SSSR count). The van der Waals surface area contributed by atoms with Gasteiger partial charge in [0.15, 0.2) is 0 Å². The van der Waals surface area contributed by atoms with Gasteiger partial charge in [-0.05, 0) is 18.2 Å². The van der Waals surface area contributed by atoms with Crippen molar-refractivity contribution < 1.29 is 8.42 Å². The molecule has 7 heteroatoms. The highest BCUT2D eigenvalue weighted by Crippen LogP contribution is 2.08. The van der Waals surface area contributed by atoms with Gasteiger partial charge in [0.1, 0.15) is 0 Å². The van der Waals surface area contributed by atoms with E-state index in [9.17, 15) is 8.42 Å². The zero-order chi connectivity index (χ0) is 15.1. The fraction of sp³-hybridized carbons (Fsp3) is 0.357. The molecule has 21 heavy (non-hydrogen) atoms. The maximum atomic E-state index is 12.0. The number of thiazole rings is 1. The van der Waals surface area contributed by atoms with Crippen molar-refractivity contribution in [3.05, 3.63) is 52.0 Å². The summed E-state index contributed by atoms with van der Waals surface area (Å²) in [4.78, 5) is 4.12. The molecule has 2 N–H and O–H groups in total. The molecule has 0 unspecified atom stereocenters. The zero-order valence-electron chi connectivity index (χ0n) is 11.9. The number of nitrogens with zero attached hydrogens (tertiary/aromatic N) is 1. The maximum absolute atomic E-state index is 12.0. The van der Waals surface area contributed by atoms with Gasteiger partial charge < -0.3 is 5.32 Å². The van der Waals surface area contributed by atoms with Crippen LogP contribution in [-0.2, 0) is 28.7 Å². The highest BCUT2D eigenvalue weighted by Gasteiger charge is 2.11. The lowest BCUT2D eigenvalue weighted by Gasteiger charge is -2.07. The Morgan fingerprint density at radius 3 is 2.52 bits per heavy atom. The van der Waals surface area contributed by atoms with E-state index in [1.54, 1.807) is 5.51 Å². The molecule has 0 bridgehead atoms. The van der Waals surface area contributed by atoms with Crippen LogP contribution in [0.15, 0.2) is 35.2 Å². The number of nitrogens with one attached hydrogen (secondary N) is 2. The number of hydrogen-bond donors (Lipinski definition) is 2. The van der Waals surface area contributed by atoms with Crippen molar-refractivity contribution in [3.8, 4) is 0 Å². The Kier molecular flexibility index (Phi) is 5.86. The summed E-state index contributed by atoms with van der Waals surface area (Å²) in [5, 5.41) is 4.98. The molecule has 5 nitrogen and oxygen atoms in total. The molecule has 2 aromatic rings. The first-order valence-corrected chi connectivity index (χ1v) is 9.25. The molecule has 0 fully saturated rings. The molecule has 0 saturated carbocycles. The average molecular weight is 325 g/mol. The minimum atomic E-state index is -3.30. The summed E-state index contributed by atoms with van der Waals surface area (Å²) in [5.74, 6) is 0.00387. The molecular weight excluding hydrogens is 306 g/mol. The molecule has 114 valence electrons. The molecule has 0 atom stereocenters. The van der Waals surface area contributed by atoms with E-state index in [4.69, 9.17) is 0 Å². The Labute approximate surface area is 129 Å². The van der Waals surface area contributed by atoms with Gasteiger partial charge in [-0.25, -0.2) is 18.1 Å². The van der Waals surface area contributed by atoms with E-state index in [-0.39, 0.29) is 5.75 Å². The lowest BCUT2D eigenvalue weighted by Crippen LogP contribution is -2.27. The van der Waals surface area contributed by atoms with Gasteiger partial charge in [-0.15, -0.1) is 11.3 Å². The fourth-order valence-electron chi connectivity index (χ4n) is 1.92. The maximum Gasteiger partial charge on any atom is 0.215 e. The van der Waals surface area contributed by atoms with Crippen LogP contribution in [0, 0.1) is 0 Å². The first kappa shape index (κ1) is 16.1. The van der Waals surface area contributed by atoms with Gasteiger partial charge in [0.25, 0.3) is 0 Å². The predicted molar refractivity (Wildman–Crippen MR) is 85.7 cm³/mol. The highest BCUT2D eigenvalue weighted by molar-refractivity contribution is 7.88. The van der Waals surface area contributed by atoms with Gasteiger partial charge in [0.05, 0.1) is 17.0 Å². The van der Waals surface area contributed by atoms with Crippen molar-refractivity contribution in [3.63, 3.8) is 0 Å². The predicted octanol–water partition coefficient (Wildman–Crippen LogP) is 1.52. The number of aromatic nitrogens is 1. The number of benzene rings is 1. The van der Waals surface area contributed by atoms with E-state index in [2.05, 4.69) is 15.0 Å². The SMILES string of the molecule is CNCc1ccc(CS(=O)(=O)NCCc2cscn2)cc1. The number of sulfonamides is 1. The molecule has 0 saturated heterocycles. The summed E-state index contributed by atoms with van der Waals surface area (Å²) in [6.45, 7) is 1.16. The summed E-state index contributed by atoms with van der Waals surface area (Å²) >= 11 is 1.51. The summed E-state index contributed by atoms with van der Waals surface area (Å²) < 4.78 is 26.6. The van der Waals surface area contributed by atoms with Gasteiger partial charge >= 0.3 is 0 Å². The molecule has 0 spiro atoms. The average Bonchev–Trinajstić information content (AvgIpc) is 2.94. The van der Waals surface area contributed by atoms with Crippen molar-refractivity contribution in [2.24, 2.45) is 0 Å². The minimum absolute atomic E-state index is 0.00387. The second-order valence-electron chi connectivity index (χ2n) is 4.73. The first-order chi connectivity index (χ1) is 10.1. The quantitative estimate of drug-likeness (QED) is 0.772. The van der Waals surface area contributed by atoms with Gasteiger partial charge in [-0.3, -0.25) is 0 Å². The largest absolute Gasteiger partial charge is 0.316 e. The van der Waals surface area contributed by atoms with Crippen molar-refractivity contribution in [2.75, 3.05) is 13.6 Å². The lowest BCUT2D eigenvalue weighted by molar-refractivity contribution is 0.580. The Morgan fingerprint density at radius 1 is 1.19 bits per heavy atom. The first-order valence-electron chi connectivity index (χ1n) is 6.66. The molecule has 0 aliphatic rings. The van der Waals surface area contributed by atoms with Crippen molar-refractivity contribution >= 4 is 21.4 Å². The van der Waals surface area contributed by atoms with Crippen LogP contribution >= 0.6 is 11.3 Å². The van der Waals surface area contributed by atoms with Crippen LogP contribution in [-0.4, -0.2) is 27.0 Å². The van der Waals surface area contributed by atoms with Crippen molar-refractivity contribution in [1.29, 1.82) is 0 Å². The monoisotopic (exact) mass is 325 g/mol. The van der Waals surface area contributed by atoms with Gasteiger partial charge in [-0.1, -0.05) is 24.3 Å². The summed E-state index contributed by atoms with van der Waals surface area (Å²) in [5.41, 5.74) is 4.58. The topological polar surface area (TPSA) is 71.1 Å². The molecule has 1 aromatic heterocycles. The van der Waals surface area contributed by atoms with Crippen LogP contribution in [0.1, 0.15) is 16.8 Å². The molecule has 0 aliphatic carbocycles. The van der Waals surface area contributed by atoms with Crippen molar-refractivity contribution in [1.82, 2.24) is 15.0 Å². The number of hydrogen-bond acceptors (Lipinski definition) is 5.